The highest BCUT2D eigenvalue weighted by Crippen LogP contribution is 2.31. The third-order valence-corrected chi connectivity index (χ3v) is 3.75. The standard InChI is InChI=1S/C18H14N2O5/c1-2-25-18(22)16-15(11-6-4-3-5-7-11)13-9-8-12(20(23)24)10-14(13)19-17(16)21/h3-10H,2H2,1H3,(H,19,21). The number of nitrogens with zero attached hydrogens (tertiary/aromatic N) is 1. The number of hydrogen-bond acceptors (Lipinski definition) is 5. The molecule has 0 saturated heterocycles. The third kappa shape index (κ3) is 2.99. The highest BCUT2D eigenvalue weighted by molar-refractivity contribution is 6.07. The summed E-state index contributed by atoms with van der Waals surface area (Å²) < 4.78 is 5.01. The Labute approximate surface area is 142 Å². The first kappa shape index (κ1) is 16.4. The van der Waals surface area contributed by atoms with Crippen molar-refractivity contribution >= 4 is 22.6 Å². The normalized spacial score (nSPS) is 10.6. The average Bonchev–Trinajstić information content (AvgIpc) is 2.60. The molecule has 0 amide bonds. The minimum Gasteiger partial charge on any atom is -0.462 e. The molecule has 3 rings (SSSR count). The van der Waals surface area contributed by atoms with Gasteiger partial charge < -0.3 is 9.72 Å². The molecule has 3 aromatic rings. The van der Waals surface area contributed by atoms with Crippen molar-refractivity contribution in [2.45, 2.75) is 6.92 Å². The lowest BCUT2D eigenvalue weighted by molar-refractivity contribution is -0.384. The number of rotatable bonds is 4. The second-order valence-corrected chi connectivity index (χ2v) is 5.28. The fourth-order valence-electron chi connectivity index (χ4n) is 2.70. The maximum absolute atomic E-state index is 12.5. The van der Waals surface area contributed by atoms with Crippen molar-refractivity contribution in [1.82, 2.24) is 4.98 Å². The topological polar surface area (TPSA) is 102 Å². The number of ether oxygens (including phenoxy) is 1. The molecule has 0 atom stereocenters. The van der Waals surface area contributed by atoms with Crippen LogP contribution in [0.1, 0.15) is 17.3 Å². The van der Waals surface area contributed by atoms with E-state index in [0.29, 0.717) is 16.5 Å². The molecule has 1 heterocycles. The fraction of sp³-hybridized carbons (Fsp3) is 0.111. The molecule has 25 heavy (non-hydrogen) atoms. The van der Waals surface area contributed by atoms with E-state index in [9.17, 15) is 19.7 Å². The number of fused-ring (bicyclic) bond motifs is 1. The van der Waals surface area contributed by atoms with Crippen LogP contribution in [-0.2, 0) is 4.74 Å². The Hall–Kier alpha value is -3.48. The van der Waals surface area contributed by atoms with Crippen LogP contribution in [-0.4, -0.2) is 22.5 Å². The number of aromatic amines is 1. The molecule has 7 heteroatoms. The van der Waals surface area contributed by atoms with Gasteiger partial charge >= 0.3 is 5.97 Å². The summed E-state index contributed by atoms with van der Waals surface area (Å²) in [5.41, 5.74) is 0.417. The molecule has 0 radical (unpaired) electrons. The zero-order valence-electron chi connectivity index (χ0n) is 13.3. The van der Waals surface area contributed by atoms with Gasteiger partial charge in [-0.05, 0) is 18.6 Å². The lowest BCUT2D eigenvalue weighted by Crippen LogP contribution is -2.21. The van der Waals surface area contributed by atoms with Crippen LogP contribution >= 0.6 is 0 Å². The largest absolute Gasteiger partial charge is 0.462 e. The van der Waals surface area contributed by atoms with Gasteiger partial charge in [-0.1, -0.05) is 30.3 Å². The molecule has 0 saturated carbocycles. The summed E-state index contributed by atoms with van der Waals surface area (Å²) in [6, 6.07) is 13.0. The van der Waals surface area contributed by atoms with E-state index in [1.807, 2.05) is 6.07 Å². The SMILES string of the molecule is CCOC(=O)c1c(-c2ccccc2)c2ccc([N+](=O)[O-])cc2[nH]c1=O. The van der Waals surface area contributed by atoms with E-state index in [-0.39, 0.29) is 23.4 Å². The van der Waals surface area contributed by atoms with Gasteiger partial charge in [0.2, 0.25) is 0 Å². The van der Waals surface area contributed by atoms with Crippen LogP contribution in [0.3, 0.4) is 0 Å². The van der Waals surface area contributed by atoms with Gasteiger partial charge in [0.05, 0.1) is 17.0 Å². The predicted molar refractivity (Wildman–Crippen MR) is 92.6 cm³/mol. The Morgan fingerprint density at radius 2 is 1.92 bits per heavy atom. The fourth-order valence-corrected chi connectivity index (χ4v) is 2.70. The quantitative estimate of drug-likeness (QED) is 0.447. The summed E-state index contributed by atoms with van der Waals surface area (Å²) >= 11 is 0. The van der Waals surface area contributed by atoms with Gasteiger partial charge in [-0.15, -0.1) is 0 Å². The molecule has 1 aromatic heterocycles. The van der Waals surface area contributed by atoms with E-state index >= 15 is 0 Å². The van der Waals surface area contributed by atoms with Gasteiger partial charge in [-0.25, -0.2) is 4.79 Å². The number of esters is 1. The van der Waals surface area contributed by atoms with Crippen LogP contribution in [0.2, 0.25) is 0 Å². The number of benzene rings is 2. The molecule has 0 spiro atoms. The highest BCUT2D eigenvalue weighted by atomic mass is 16.6. The number of carbonyl (C=O) groups is 1. The van der Waals surface area contributed by atoms with Crippen molar-refractivity contribution in [3.05, 3.63) is 74.6 Å². The predicted octanol–water partition coefficient (Wildman–Crippen LogP) is 3.28. The summed E-state index contributed by atoms with van der Waals surface area (Å²) in [5, 5.41) is 11.5. The summed E-state index contributed by atoms with van der Waals surface area (Å²) in [4.78, 5) is 37.8. The Balaban J connectivity index is 2.40. The number of aromatic nitrogens is 1. The summed E-state index contributed by atoms with van der Waals surface area (Å²) in [6.45, 7) is 1.78. The summed E-state index contributed by atoms with van der Waals surface area (Å²) in [6.07, 6.45) is 0. The first-order chi connectivity index (χ1) is 12.0. The average molecular weight is 338 g/mol. The Morgan fingerprint density at radius 1 is 1.20 bits per heavy atom. The number of H-pyrrole nitrogens is 1. The summed E-state index contributed by atoms with van der Waals surface area (Å²) in [5.74, 6) is -0.733. The lowest BCUT2D eigenvalue weighted by atomic mass is 9.96. The van der Waals surface area contributed by atoms with E-state index in [1.54, 1.807) is 31.2 Å². The second kappa shape index (κ2) is 6.56. The van der Waals surface area contributed by atoms with Crippen LogP contribution < -0.4 is 5.56 Å². The molecule has 0 fully saturated rings. The molecule has 7 nitrogen and oxygen atoms in total. The highest BCUT2D eigenvalue weighted by Gasteiger charge is 2.22. The Kier molecular flexibility index (Phi) is 4.30. The van der Waals surface area contributed by atoms with Crippen molar-refractivity contribution in [2.24, 2.45) is 0 Å². The molecule has 2 aromatic carbocycles. The second-order valence-electron chi connectivity index (χ2n) is 5.28. The number of carbonyl (C=O) groups excluding carboxylic acids is 1. The van der Waals surface area contributed by atoms with Crippen LogP contribution in [0.25, 0.3) is 22.0 Å². The molecule has 0 aliphatic rings. The Bertz CT molecular complexity index is 1020. The van der Waals surface area contributed by atoms with E-state index in [0.717, 1.165) is 0 Å². The van der Waals surface area contributed by atoms with Crippen molar-refractivity contribution in [1.29, 1.82) is 0 Å². The van der Waals surface area contributed by atoms with Gasteiger partial charge in [0.25, 0.3) is 11.2 Å². The molecular weight excluding hydrogens is 324 g/mol. The molecule has 0 unspecified atom stereocenters. The van der Waals surface area contributed by atoms with Crippen molar-refractivity contribution < 1.29 is 14.5 Å². The molecular formula is C18H14N2O5. The minimum atomic E-state index is -0.733. The van der Waals surface area contributed by atoms with Gasteiger partial charge in [-0.2, -0.15) is 0 Å². The number of hydrogen-bond donors (Lipinski definition) is 1. The van der Waals surface area contributed by atoms with Crippen LogP contribution in [0.4, 0.5) is 5.69 Å². The van der Waals surface area contributed by atoms with Crippen LogP contribution in [0, 0.1) is 10.1 Å². The van der Waals surface area contributed by atoms with E-state index in [2.05, 4.69) is 4.98 Å². The lowest BCUT2D eigenvalue weighted by Gasteiger charge is -2.12. The number of nitro groups is 1. The first-order valence-corrected chi connectivity index (χ1v) is 7.60. The van der Waals surface area contributed by atoms with Gasteiger partial charge in [0, 0.05) is 23.1 Å². The van der Waals surface area contributed by atoms with E-state index in [4.69, 9.17) is 4.74 Å². The van der Waals surface area contributed by atoms with Crippen molar-refractivity contribution in [3.8, 4) is 11.1 Å². The van der Waals surface area contributed by atoms with Gasteiger partial charge in [0.1, 0.15) is 5.56 Å². The van der Waals surface area contributed by atoms with Crippen molar-refractivity contribution in [2.75, 3.05) is 6.61 Å². The van der Waals surface area contributed by atoms with Crippen LogP contribution in [0.15, 0.2) is 53.3 Å². The maximum atomic E-state index is 12.5. The molecule has 1 N–H and O–H groups in total. The monoisotopic (exact) mass is 338 g/mol. The zero-order valence-corrected chi connectivity index (χ0v) is 13.3. The molecule has 126 valence electrons. The number of nitro benzene ring substituents is 1. The third-order valence-electron chi connectivity index (χ3n) is 3.75. The molecule has 0 aliphatic heterocycles. The zero-order chi connectivity index (χ0) is 18.0. The smallest absolute Gasteiger partial charge is 0.344 e. The minimum absolute atomic E-state index is 0.116. The first-order valence-electron chi connectivity index (χ1n) is 7.60. The van der Waals surface area contributed by atoms with Crippen LogP contribution in [0.5, 0.6) is 0 Å². The number of nitrogens with one attached hydrogen (secondary N) is 1. The van der Waals surface area contributed by atoms with Gasteiger partial charge in [-0.3, -0.25) is 14.9 Å². The number of pyridine rings is 1. The summed E-state index contributed by atoms with van der Waals surface area (Å²) in [7, 11) is 0. The Morgan fingerprint density at radius 3 is 2.56 bits per heavy atom. The maximum Gasteiger partial charge on any atom is 0.344 e. The van der Waals surface area contributed by atoms with Crippen molar-refractivity contribution in [3.63, 3.8) is 0 Å². The van der Waals surface area contributed by atoms with E-state index < -0.39 is 16.5 Å². The molecule has 0 aliphatic carbocycles. The molecule has 0 bridgehead atoms. The van der Waals surface area contributed by atoms with E-state index in [1.165, 1.54) is 18.2 Å². The number of non-ortho nitro benzene ring substituents is 1. The van der Waals surface area contributed by atoms with Gasteiger partial charge in [0.15, 0.2) is 0 Å².